The van der Waals surface area contributed by atoms with Crippen molar-refractivity contribution >= 4 is 5.91 Å². The summed E-state index contributed by atoms with van der Waals surface area (Å²) in [7, 11) is 1.59. The Morgan fingerprint density at radius 1 is 1.15 bits per heavy atom. The Kier molecular flexibility index (Phi) is 5.76. The fourth-order valence-electron chi connectivity index (χ4n) is 2.76. The summed E-state index contributed by atoms with van der Waals surface area (Å²) < 4.78 is 6.92. The molecular formula is C20H22N4O2. The molecule has 0 spiro atoms. The SMILES string of the molecule is COCc1c(C(=O)NCCc2ccccc2)nnn1-c1cccc(C)c1. The maximum absolute atomic E-state index is 12.6. The number of amides is 1. The van der Waals surface area contributed by atoms with Crippen LogP contribution in [0.15, 0.2) is 54.6 Å². The van der Waals surface area contributed by atoms with Crippen molar-refractivity contribution < 1.29 is 9.53 Å². The molecular weight excluding hydrogens is 328 g/mol. The van der Waals surface area contributed by atoms with Gasteiger partial charge in [0.15, 0.2) is 5.69 Å². The number of benzene rings is 2. The largest absolute Gasteiger partial charge is 0.378 e. The maximum atomic E-state index is 12.6. The number of nitrogens with zero attached hydrogens (tertiary/aromatic N) is 3. The van der Waals surface area contributed by atoms with E-state index < -0.39 is 0 Å². The number of rotatable bonds is 7. The summed E-state index contributed by atoms with van der Waals surface area (Å²) in [4.78, 5) is 12.6. The lowest BCUT2D eigenvalue weighted by Crippen LogP contribution is -2.27. The first kappa shape index (κ1) is 17.8. The molecule has 0 fully saturated rings. The third-order valence-electron chi connectivity index (χ3n) is 4.05. The lowest BCUT2D eigenvalue weighted by atomic mass is 10.1. The van der Waals surface area contributed by atoms with Gasteiger partial charge in [0.25, 0.3) is 5.91 Å². The Balaban J connectivity index is 1.75. The van der Waals surface area contributed by atoms with Gasteiger partial charge in [-0.15, -0.1) is 5.10 Å². The molecule has 1 amide bonds. The van der Waals surface area contributed by atoms with Gasteiger partial charge in [-0.05, 0) is 36.6 Å². The minimum absolute atomic E-state index is 0.244. The van der Waals surface area contributed by atoms with Crippen molar-refractivity contribution in [2.24, 2.45) is 0 Å². The third kappa shape index (κ3) is 4.15. The highest BCUT2D eigenvalue weighted by Gasteiger charge is 2.20. The molecule has 1 N–H and O–H groups in total. The van der Waals surface area contributed by atoms with E-state index in [1.165, 1.54) is 5.56 Å². The molecule has 0 unspecified atom stereocenters. The number of hydrogen-bond acceptors (Lipinski definition) is 4. The highest BCUT2D eigenvalue weighted by Crippen LogP contribution is 2.15. The van der Waals surface area contributed by atoms with Gasteiger partial charge in [-0.25, -0.2) is 4.68 Å². The van der Waals surface area contributed by atoms with E-state index in [0.717, 1.165) is 17.7 Å². The maximum Gasteiger partial charge on any atom is 0.273 e. The second-order valence-electron chi connectivity index (χ2n) is 6.06. The number of methoxy groups -OCH3 is 1. The van der Waals surface area contributed by atoms with Crippen LogP contribution in [-0.4, -0.2) is 34.6 Å². The molecule has 0 saturated carbocycles. The zero-order valence-electron chi connectivity index (χ0n) is 15.0. The number of ether oxygens (including phenoxy) is 1. The van der Waals surface area contributed by atoms with Gasteiger partial charge in [0.1, 0.15) is 5.69 Å². The van der Waals surface area contributed by atoms with Crippen molar-refractivity contribution in [1.29, 1.82) is 0 Å². The average molecular weight is 350 g/mol. The summed E-state index contributed by atoms with van der Waals surface area (Å²) in [5.41, 5.74) is 4.06. The van der Waals surface area contributed by atoms with Gasteiger partial charge < -0.3 is 10.1 Å². The Morgan fingerprint density at radius 2 is 1.96 bits per heavy atom. The van der Waals surface area contributed by atoms with Crippen molar-refractivity contribution in [1.82, 2.24) is 20.3 Å². The van der Waals surface area contributed by atoms with Crippen molar-refractivity contribution in [3.05, 3.63) is 77.1 Å². The minimum Gasteiger partial charge on any atom is -0.378 e. The number of nitrogens with one attached hydrogen (secondary N) is 1. The Hall–Kier alpha value is -2.99. The molecule has 3 rings (SSSR count). The van der Waals surface area contributed by atoms with Crippen LogP contribution in [0.4, 0.5) is 0 Å². The number of aryl methyl sites for hydroxylation is 1. The van der Waals surface area contributed by atoms with E-state index in [-0.39, 0.29) is 12.5 Å². The highest BCUT2D eigenvalue weighted by molar-refractivity contribution is 5.93. The summed E-state index contributed by atoms with van der Waals surface area (Å²) in [5.74, 6) is -0.244. The van der Waals surface area contributed by atoms with E-state index in [0.29, 0.717) is 17.9 Å². The summed E-state index contributed by atoms with van der Waals surface area (Å²) in [6.07, 6.45) is 0.762. The van der Waals surface area contributed by atoms with E-state index in [1.54, 1.807) is 11.8 Å². The molecule has 0 radical (unpaired) electrons. The van der Waals surface area contributed by atoms with Crippen molar-refractivity contribution in [3.63, 3.8) is 0 Å². The second-order valence-corrected chi connectivity index (χ2v) is 6.06. The summed E-state index contributed by atoms with van der Waals surface area (Å²) >= 11 is 0. The van der Waals surface area contributed by atoms with Crippen LogP contribution in [0.1, 0.15) is 27.3 Å². The molecule has 0 atom stereocenters. The van der Waals surface area contributed by atoms with E-state index in [1.807, 2.05) is 61.5 Å². The van der Waals surface area contributed by atoms with Crippen molar-refractivity contribution in [2.75, 3.05) is 13.7 Å². The van der Waals surface area contributed by atoms with Gasteiger partial charge in [-0.2, -0.15) is 0 Å². The lowest BCUT2D eigenvalue weighted by Gasteiger charge is -2.08. The quantitative estimate of drug-likeness (QED) is 0.711. The molecule has 0 aliphatic carbocycles. The van der Waals surface area contributed by atoms with E-state index >= 15 is 0 Å². The first-order valence-electron chi connectivity index (χ1n) is 8.51. The minimum atomic E-state index is -0.244. The Morgan fingerprint density at radius 3 is 2.69 bits per heavy atom. The zero-order chi connectivity index (χ0) is 18.4. The standard InChI is InChI=1S/C20H22N4O2/c1-15-7-6-10-17(13-15)24-18(14-26-2)19(22-23-24)20(25)21-12-11-16-8-4-3-5-9-16/h3-10,13H,11-12,14H2,1-2H3,(H,21,25). The lowest BCUT2D eigenvalue weighted by molar-refractivity contribution is 0.0943. The van der Waals surface area contributed by atoms with Gasteiger partial charge >= 0.3 is 0 Å². The summed E-state index contributed by atoms with van der Waals surface area (Å²) in [5, 5.41) is 11.2. The zero-order valence-corrected chi connectivity index (χ0v) is 15.0. The highest BCUT2D eigenvalue weighted by atomic mass is 16.5. The fourth-order valence-corrected chi connectivity index (χ4v) is 2.76. The smallest absolute Gasteiger partial charge is 0.273 e. The second kappa shape index (κ2) is 8.40. The molecule has 1 aromatic heterocycles. The normalized spacial score (nSPS) is 10.7. The average Bonchev–Trinajstić information content (AvgIpc) is 3.07. The first-order chi connectivity index (χ1) is 12.7. The molecule has 0 saturated heterocycles. The van der Waals surface area contributed by atoms with E-state index in [4.69, 9.17) is 4.74 Å². The molecule has 0 bridgehead atoms. The van der Waals surface area contributed by atoms with Crippen molar-refractivity contribution in [3.8, 4) is 5.69 Å². The van der Waals surface area contributed by atoms with Gasteiger partial charge in [0, 0.05) is 13.7 Å². The van der Waals surface area contributed by atoms with Crippen LogP contribution in [0, 0.1) is 6.92 Å². The third-order valence-corrected chi connectivity index (χ3v) is 4.05. The Bertz CT molecular complexity index is 875. The van der Waals surface area contributed by atoms with Crippen LogP contribution in [0.2, 0.25) is 0 Å². The van der Waals surface area contributed by atoms with Crippen LogP contribution < -0.4 is 5.32 Å². The fraction of sp³-hybridized carbons (Fsp3) is 0.250. The predicted octanol–water partition coefficient (Wildman–Crippen LogP) is 2.69. The van der Waals surface area contributed by atoms with Gasteiger partial charge in [0.2, 0.25) is 0 Å². The van der Waals surface area contributed by atoms with Gasteiger partial charge in [-0.3, -0.25) is 4.79 Å². The van der Waals surface area contributed by atoms with Crippen LogP contribution in [0.5, 0.6) is 0 Å². The summed E-state index contributed by atoms with van der Waals surface area (Å²) in [6.45, 7) is 2.79. The molecule has 3 aromatic rings. The first-order valence-corrected chi connectivity index (χ1v) is 8.51. The molecule has 2 aromatic carbocycles. The van der Waals surface area contributed by atoms with Crippen LogP contribution in [0.25, 0.3) is 5.69 Å². The van der Waals surface area contributed by atoms with E-state index in [9.17, 15) is 4.79 Å². The van der Waals surface area contributed by atoms with Crippen LogP contribution in [-0.2, 0) is 17.8 Å². The molecule has 1 heterocycles. The number of hydrogen-bond donors (Lipinski definition) is 1. The molecule has 6 heteroatoms. The Labute approximate surface area is 152 Å². The topological polar surface area (TPSA) is 69.0 Å². The molecule has 0 aliphatic rings. The van der Waals surface area contributed by atoms with Crippen molar-refractivity contribution in [2.45, 2.75) is 20.0 Å². The number of carbonyl (C=O) groups is 1. The molecule has 134 valence electrons. The monoisotopic (exact) mass is 350 g/mol. The van der Waals surface area contributed by atoms with Crippen LogP contribution in [0.3, 0.4) is 0 Å². The van der Waals surface area contributed by atoms with E-state index in [2.05, 4.69) is 15.6 Å². The molecule has 0 aliphatic heterocycles. The number of aromatic nitrogens is 3. The van der Waals surface area contributed by atoms with Gasteiger partial charge in [0.05, 0.1) is 12.3 Å². The number of carbonyl (C=O) groups excluding carboxylic acids is 1. The summed E-state index contributed by atoms with van der Waals surface area (Å²) in [6, 6.07) is 17.9. The molecule has 6 nitrogen and oxygen atoms in total. The van der Waals surface area contributed by atoms with Crippen LogP contribution >= 0.6 is 0 Å². The van der Waals surface area contributed by atoms with Gasteiger partial charge in [-0.1, -0.05) is 47.7 Å². The molecule has 26 heavy (non-hydrogen) atoms. The predicted molar refractivity (Wildman–Crippen MR) is 99.3 cm³/mol.